The van der Waals surface area contributed by atoms with E-state index in [-0.39, 0.29) is 0 Å². The van der Waals surface area contributed by atoms with Crippen molar-refractivity contribution in [2.45, 2.75) is 0 Å². The average Bonchev–Trinajstić information content (AvgIpc) is 3.18. The monoisotopic (exact) mass is 332 g/mol. The van der Waals surface area contributed by atoms with Gasteiger partial charge in [-0.05, 0) is 12.1 Å². The van der Waals surface area contributed by atoms with Gasteiger partial charge >= 0.3 is 0 Å². The number of nitrogens with zero attached hydrogens (tertiary/aromatic N) is 6. The topological polar surface area (TPSA) is 57.6 Å². The van der Waals surface area contributed by atoms with Gasteiger partial charge in [0, 0.05) is 50.8 Å². The maximum atomic E-state index is 5.37. The number of ether oxygens (including phenoxy) is 1. The number of piperazine rings is 1. The van der Waals surface area contributed by atoms with Crippen LogP contribution in [-0.2, 0) is 4.74 Å². The first-order chi connectivity index (χ1) is 11.4. The number of morpholine rings is 1. The lowest BCUT2D eigenvalue weighted by Crippen LogP contribution is -2.47. The Kier molecular flexibility index (Phi) is 4.25. The van der Waals surface area contributed by atoms with Gasteiger partial charge in [-0.1, -0.05) is 0 Å². The summed E-state index contributed by atoms with van der Waals surface area (Å²) in [6, 6.07) is 4.15. The second-order valence-electron chi connectivity index (χ2n) is 5.64. The first-order valence-electron chi connectivity index (χ1n) is 7.96. The Morgan fingerprint density at radius 1 is 0.826 bits per heavy atom. The second kappa shape index (κ2) is 6.67. The maximum absolute atomic E-state index is 5.37. The molecule has 23 heavy (non-hydrogen) atoms. The quantitative estimate of drug-likeness (QED) is 0.834. The van der Waals surface area contributed by atoms with E-state index in [1.54, 1.807) is 11.3 Å². The van der Waals surface area contributed by atoms with Gasteiger partial charge in [0.05, 0.1) is 13.2 Å². The molecule has 2 aromatic heterocycles. The number of hydrogen-bond acceptors (Lipinski definition) is 8. The molecule has 0 aromatic carbocycles. The zero-order valence-corrected chi connectivity index (χ0v) is 13.8. The smallest absolute Gasteiger partial charge is 0.185 e. The van der Waals surface area contributed by atoms with Crippen LogP contribution in [-0.4, -0.2) is 67.7 Å². The summed E-state index contributed by atoms with van der Waals surface area (Å²) in [5, 5.41) is 12.0. The molecule has 0 N–H and O–H groups in total. The van der Waals surface area contributed by atoms with Crippen molar-refractivity contribution in [2.24, 2.45) is 0 Å². The highest BCUT2D eigenvalue weighted by molar-refractivity contribution is 7.13. The molecule has 0 amide bonds. The van der Waals surface area contributed by atoms with Gasteiger partial charge in [0.2, 0.25) is 0 Å². The summed E-state index contributed by atoms with van der Waals surface area (Å²) in [6.07, 6.45) is 1.86. The highest BCUT2D eigenvalue weighted by Gasteiger charge is 2.20. The zero-order chi connectivity index (χ0) is 15.5. The van der Waals surface area contributed by atoms with E-state index in [1.807, 2.05) is 11.6 Å². The molecule has 0 aliphatic carbocycles. The van der Waals surface area contributed by atoms with Crippen molar-refractivity contribution in [1.29, 1.82) is 0 Å². The van der Waals surface area contributed by atoms with Crippen LogP contribution in [0.15, 0.2) is 23.7 Å². The lowest BCUT2D eigenvalue weighted by Gasteiger charge is -2.35. The SMILES string of the molecule is c1csc(N2CCN(c3ccc(N4CCOCC4)nn3)CC2)n1. The molecule has 2 saturated heterocycles. The highest BCUT2D eigenvalue weighted by atomic mass is 32.1. The van der Waals surface area contributed by atoms with Crippen molar-refractivity contribution in [3.63, 3.8) is 0 Å². The van der Waals surface area contributed by atoms with E-state index in [1.165, 1.54) is 0 Å². The molecule has 8 heteroatoms. The first kappa shape index (κ1) is 14.6. The van der Waals surface area contributed by atoms with Crippen LogP contribution in [0.3, 0.4) is 0 Å². The molecule has 7 nitrogen and oxygen atoms in total. The first-order valence-corrected chi connectivity index (χ1v) is 8.84. The van der Waals surface area contributed by atoms with E-state index in [4.69, 9.17) is 4.74 Å². The van der Waals surface area contributed by atoms with Gasteiger partial charge in [-0.25, -0.2) is 4.98 Å². The van der Waals surface area contributed by atoms with E-state index in [0.29, 0.717) is 0 Å². The van der Waals surface area contributed by atoms with Crippen LogP contribution >= 0.6 is 11.3 Å². The molecule has 0 radical (unpaired) electrons. The number of rotatable bonds is 3. The molecule has 0 saturated carbocycles. The molecular formula is C15H20N6OS. The predicted molar refractivity (Wildman–Crippen MR) is 91.6 cm³/mol. The highest BCUT2D eigenvalue weighted by Crippen LogP contribution is 2.21. The van der Waals surface area contributed by atoms with Gasteiger partial charge < -0.3 is 19.4 Å². The minimum atomic E-state index is 0.766. The van der Waals surface area contributed by atoms with Crippen LogP contribution in [0.25, 0.3) is 0 Å². The minimum absolute atomic E-state index is 0.766. The number of anilines is 3. The summed E-state index contributed by atoms with van der Waals surface area (Å²) in [5.41, 5.74) is 0. The lowest BCUT2D eigenvalue weighted by atomic mass is 10.3. The maximum Gasteiger partial charge on any atom is 0.185 e. The molecule has 0 unspecified atom stereocenters. The summed E-state index contributed by atoms with van der Waals surface area (Å²) in [6.45, 7) is 7.16. The summed E-state index contributed by atoms with van der Waals surface area (Å²) in [5.74, 6) is 1.90. The van der Waals surface area contributed by atoms with Crippen LogP contribution in [0.2, 0.25) is 0 Å². The third kappa shape index (κ3) is 3.23. The fraction of sp³-hybridized carbons (Fsp3) is 0.533. The lowest BCUT2D eigenvalue weighted by molar-refractivity contribution is 0.122. The van der Waals surface area contributed by atoms with Gasteiger partial charge in [-0.3, -0.25) is 0 Å². The molecule has 0 bridgehead atoms. The number of hydrogen-bond donors (Lipinski definition) is 0. The standard InChI is InChI=1S/C15H20N6OS/c1-2-14(20-8-10-22-11-9-20)18-17-13(1)19-4-6-21(7-5-19)15-16-3-12-23-15/h1-3,12H,4-11H2. The van der Waals surface area contributed by atoms with Gasteiger partial charge in [-0.15, -0.1) is 21.5 Å². The molecule has 2 aromatic rings. The van der Waals surface area contributed by atoms with Crippen LogP contribution in [0.4, 0.5) is 16.8 Å². The van der Waals surface area contributed by atoms with E-state index in [2.05, 4.69) is 42.0 Å². The third-order valence-corrected chi connectivity index (χ3v) is 5.10. The average molecular weight is 332 g/mol. The molecule has 4 heterocycles. The molecule has 4 rings (SSSR count). The van der Waals surface area contributed by atoms with Crippen LogP contribution in [0, 0.1) is 0 Å². The van der Waals surface area contributed by atoms with Crippen molar-refractivity contribution in [3.8, 4) is 0 Å². The van der Waals surface area contributed by atoms with Crippen molar-refractivity contribution in [1.82, 2.24) is 15.2 Å². The van der Waals surface area contributed by atoms with Gasteiger partial charge in [-0.2, -0.15) is 0 Å². The summed E-state index contributed by atoms with van der Waals surface area (Å²) in [4.78, 5) is 11.2. The van der Waals surface area contributed by atoms with E-state index < -0.39 is 0 Å². The molecule has 2 fully saturated rings. The molecular weight excluding hydrogens is 312 g/mol. The molecule has 0 spiro atoms. The van der Waals surface area contributed by atoms with E-state index >= 15 is 0 Å². The Hall–Kier alpha value is -1.93. The number of aromatic nitrogens is 3. The summed E-state index contributed by atoms with van der Waals surface area (Å²) < 4.78 is 5.37. The third-order valence-electron chi connectivity index (χ3n) is 4.26. The summed E-state index contributed by atoms with van der Waals surface area (Å²) in [7, 11) is 0. The minimum Gasteiger partial charge on any atom is -0.378 e. The normalized spacial score (nSPS) is 19.2. The van der Waals surface area contributed by atoms with Gasteiger partial charge in [0.1, 0.15) is 0 Å². The molecule has 2 aliphatic rings. The van der Waals surface area contributed by atoms with Gasteiger partial charge in [0.25, 0.3) is 0 Å². The largest absolute Gasteiger partial charge is 0.378 e. The van der Waals surface area contributed by atoms with Gasteiger partial charge in [0.15, 0.2) is 16.8 Å². The fourth-order valence-corrected chi connectivity index (χ4v) is 3.64. The van der Waals surface area contributed by atoms with Crippen molar-refractivity contribution in [2.75, 3.05) is 67.2 Å². The van der Waals surface area contributed by atoms with E-state index in [9.17, 15) is 0 Å². The zero-order valence-electron chi connectivity index (χ0n) is 13.0. The Bertz CT molecular complexity index is 605. The number of thiazole rings is 1. The summed E-state index contributed by atoms with van der Waals surface area (Å²) >= 11 is 1.70. The van der Waals surface area contributed by atoms with E-state index in [0.717, 1.165) is 69.2 Å². The van der Waals surface area contributed by atoms with Crippen molar-refractivity contribution >= 4 is 28.1 Å². The van der Waals surface area contributed by atoms with Crippen LogP contribution in [0.5, 0.6) is 0 Å². The van der Waals surface area contributed by atoms with Crippen LogP contribution < -0.4 is 14.7 Å². The second-order valence-corrected chi connectivity index (χ2v) is 6.51. The van der Waals surface area contributed by atoms with Crippen LogP contribution in [0.1, 0.15) is 0 Å². The molecule has 0 atom stereocenters. The Labute approximate surface area is 139 Å². The Morgan fingerprint density at radius 3 is 2.00 bits per heavy atom. The van der Waals surface area contributed by atoms with Crippen molar-refractivity contribution < 1.29 is 4.74 Å². The predicted octanol–water partition coefficient (Wildman–Crippen LogP) is 1.10. The molecule has 2 aliphatic heterocycles. The molecule has 122 valence electrons. The fourth-order valence-electron chi connectivity index (χ4n) is 2.95. The Balaban J connectivity index is 1.37. The van der Waals surface area contributed by atoms with Crippen molar-refractivity contribution in [3.05, 3.63) is 23.7 Å². The Morgan fingerprint density at radius 2 is 1.43 bits per heavy atom.